The van der Waals surface area contributed by atoms with Gasteiger partial charge >= 0.3 is 0 Å². The summed E-state index contributed by atoms with van der Waals surface area (Å²) in [6.07, 6.45) is 0. The summed E-state index contributed by atoms with van der Waals surface area (Å²) in [4.78, 5) is 27.9. The molecule has 0 atom stereocenters. The van der Waals surface area contributed by atoms with Crippen LogP contribution in [0.1, 0.15) is 0 Å². The number of fused-ring (bicyclic) bond motifs is 1. The number of benzene rings is 3. The van der Waals surface area contributed by atoms with Gasteiger partial charge in [0.05, 0.1) is 9.82 Å². The molecule has 0 aliphatic carbocycles. The molecule has 0 radical (unpaired) electrons. The van der Waals surface area contributed by atoms with E-state index in [9.17, 15) is 14.9 Å². The Morgan fingerprint density at radius 3 is 2.31 bits per heavy atom. The zero-order valence-corrected chi connectivity index (χ0v) is 17.2. The first-order chi connectivity index (χ1) is 13.5. The molecule has 0 amide bonds. The van der Waals surface area contributed by atoms with Crippen LogP contribution in [-0.2, 0) is 0 Å². The molecule has 0 fully saturated rings. The SMILES string of the molecule is Cl.O=c1[nH]c2ccc([N+](=O)[O-])cc2c(-c2ccccc2)c1Sc1ccc(Cl)cc1. The van der Waals surface area contributed by atoms with Crippen molar-refractivity contribution in [3.63, 3.8) is 0 Å². The quantitative estimate of drug-likeness (QED) is 0.294. The second-order valence-electron chi connectivity index (χ2n) is 6.07. The predicted octanol–water partition coefficient (Wildman–Crippen LogP) is 6.33. The number of hydrogen-bond donors (Lipinski definition) is 1. The van der Waals surface area contributed by atoms with E-state index in [0.29, 0.717) is 26.4 Å². The third kappa shape index (κ3) is 4.29. The zero-order valence-electron chi connectivity index (χ0n) is 14.8. The first kappa shape index (κ1) is 20.9. The van der Waals surface area contributed by atoms with Gasteiger partial charge in [0.2, 0.25) is 0 Å². The topological polar surface area (TPSA) is 76.0 Å². The number of nitro groups is 1. The molecule has 3 aromatic carbocycles. The summed E-state index contributed by atoms with van der Waals surface area (Å²) >= 11 is 7.26. The molecule has 0 unspecified atom stereocenters. The molecule has 8 heteroatoms. The molecule has 1 N–H and O–H groups in total. The van der Waals surface area contributed by atoms with Gasteiger partial charge in [0.15, 0.2) is 0 Å². The Morgan fingerprint density at radius 2 is 1.66 bits per heavy atom. The number of pyridine rings is 1. The minimum absolute atomic E-state index is 0. The summed E-state index contributed by atoms with van der Waals surface area (Å²) in [5, 5.41) is 12.5. The van der Waals surface area contributed by atoms with Crippen LogP contribution in [0, 0.1) is 10.1 Å². The molecular formula is C21H14Cl2N2O3S. The van der Waals surface area contributed by atoms with Crippen LogP contribution in [0.4, 0.5) is 5.69 Å². The van der Waals surface area contributed by atoms with E-state index in [1.54, 1.807) is 18.2 Å². The molecule has 146 valence electrons. The summed E-state index contributed by atoms with van der Waals surface area (Å²) in [6, 6.07) is 21.0. The molecule has 0 bridgehead atoms. The van der Waals surface area contributed by atoms with Crippen molar-refractivity contribution in [2.24, 2.45) is 0 Å². The molecule has 0 saturated heterocycles. The summed E-state index contributed by atoms with van der Waals surface area (Å²) < 4.78 is 0. The van der Waals surface area contributed by atoms with Gasteiger partial charge < -0.3 is 4.98 Å². The highest BCUT2D eigenvalue weighted by Gasteiger charge is 2.18. The van der Waals surface area contributed by atoms with E-state index in [2.05, 4.69) is 4.98 Å². The van der Waals surface area contributed by atoms with Crippen molar-refractivity contribution >= 4 is 52.4 Å². The van der Waals surface area contributed by atoms with Crippen LogP contribution in [0.5, 0.6) is 0 Å². The Labute approximate surface area is 181 Å². The van der Waals surface area contributed by atoms with Crippen molar-refractivity contribution in [1.29, 1.82) is 0 Å². The monoisotopic (exact) mass is 444 g/mol. The highest BCUT2D eigenvalue weighted by molar-refractivity contribution is 7.99. The van der Waals surface area contributed by atoms with Crippen molar-refractivity contribution in [2.75, 3.05) is 0 Å². The van der Waals surface area contributed by atoms with E-state index >= 15 is 0 Å². The Morgan fingerprint density at radius 1 is 0.966 bits per heavy atom. The van der Waals surface area contributed by atoms with E-state index in [-0.39, 0.29) is 23.7 Å². The highest BCUT2D eigenvalue weighted by Crippen LogP contribution is 2.38. The van der Waals surface area contributed by atoms with Gasteiger partial charge in [0.1, 0.15) is 0 Å². The normalized spacial score (nSPS) is 10.5. The smallest absolute Gasteiger partial charge is 0.270 e. The Bertz CT molecular complexity index is 1240. The second-order valence-corrected chi connectivity index (χ2v) is 7.59. The van der Waals surface area contributed by atoms with Gasteiger partial charge in [-0.3, -0.25) is 14.9 Å². The van der Waals surface area contributed by atoms with E-state index in [4.69, 9.17) is 11.6 Å². The lowest BCUT2D eigenvalue weighted by atomic mass is 10.0. The van der Waals surface area contributed by atoms with Crippen LogP contribution in [0.25, 0.3) is 22.0 Å². The number of nitrogens with one attached hydrogen (secondary N) is 1. The van der Waals surface area contributed by atoms with Gasteiger partial charge in [0, 0.05) is 38.5 Å². The highest BCUT2D eigenvalue weighted by atomic mass is 35.5. The fourth-order valence-corrected chi connectivity index (χ4v) is 4.09. The largest absolute Gasteiger partial charge is 0.321 e. The van der Waals surface area contributed by atoms with Crippen molar-refractivity contribution in [3.8, 4) is 11.1 Å². The molecule has 1 aromatic heterocycles. The minimum Gasteiger partial charge on any atom is -0.321 e. The molecular weight excluding hydrogens is 431 g/mol. The number of nitrogens with zero attached hydrogens (tertiary/aromatic N) is 1. The van der Waals surface area contributed by atoms with Crippen LogP contribution in [0.15, 0.2) is 87.4 Å². The average molecular weight is 445 g/mol. The predicted molar refractivity (Wildman–Crippen MR) is 119 cm³/mol. The van der Waals surface area contributed by atoms with E-state index < -0.39 is 4.92 Å². The van der Waals surface area contributed by atoms with Gasteiger partial charge in [-0.2, -0.15) is 0 Å². The molecule has 4 aromatic rings. The fourth-order valence-electron chi connectivity index (χ4n) is 2.99. The van der Waals surface area contributed by atoms with Crippen molar-refractivity contribution in [3.05, 3.63) is 98.3 Å². The van der Waals surface area contributed by atoms with Crippen LogP contribution in [-0.4, -0.2) is 9.91 Å². The summed E-state index contributed by atoms with van der Waals surface area (Å²) in [5.41, 5.74) is 1.76. The maximum Gasteiger partial charge on any atom is 0.270 e. The van der Waals surface area contributed by atoms with Crippen molar-refractivity contribution in [1.82, 2.24) is 4.98 Å². The first-order valence-corrected chi connectivity index (χ1v) is 9.55. The van der Waals surface area contributed by atoms with Crippen molar-refractivity contribution in [2.45, 2.75) is 9.79 Å². The number of halogens is 2. The van der Waals surface area contributed by atoms with Gasteiger partial charge in [-0.1, -0.05) is 53.7 Å². The number of aromatic amines is 1. The van der Waals surface area contributed by atoms with Crippen molar-refractivity contribution < 1.29 is 4.92 Å². The number of aromatic nitrogens is 1. The standard InChI is InChI=1S/C21H13ClN2O3S.ClH/c22-14-6-9-16(10-7-14)28-20-19(13-4-2-1-3-5-13)17-12-15(24(26)27)8-11-18(17)23-21(20)25;/h1-12H,(H,23,25);1H. The maximum atomic E-state index is 12.9. The van der Waals surface area contributed by atoms with Gasteiger partial charge in [0.25, 0.3) is 11.2 Å². The molecule has 0 saturated carbocycles. The molecule has 29 heavy (non-hydrogen) atoms. The van der Waals surface area contributed by atoms with E-state index in [1.807, 2.05) is 42.5 Å². The molecule has 1 heterocycles. The molecule has 0 aliphatic rings. The van der Waals surface area contributed by atoms with Gasteiger partial charge in [-0.25, -0.2) is 0 Å². The van der Waals surface area contributed by atoms with Gasteiger partial charge in [-0.05, 0) is 35.9 Å². The van der Waals surface area contributed by atoms with Crippen LogP contribution >= 0.6 is 35.8 Å². The van der Waals surface area contributed by atoms with Crippen LogP contribution in [0.2, 0.25) is 5.02 Å². The van der Waals surface area contributed by atoms with E-state index in [0.717, 1.165) is 10.5 Å². The fraction of sp³-hybridized carbons (Fsp3) is 0. The second kappa shape index (κ2) is 8.69. The maximum absolute atomic E-state index is 12.9. The Kier molecular flexibility index (Phi) is 6.27. The molecule has 0 aliphatic heterocycles. The molecule has 4 rings (SSSR count). The summed E-state index contributed by atoms with van der Waals surface area (Å²) in [5.74, 6) is 0. The number of non-ortho nitro benzene ring substituents is 1. The Balaban J connectivity index is 0.00000240. The third-order valence-corrected chi connectivity index (χ3v) is 5.61. The zero-order chi connectivity index (χ0) is 19.7. The number of hydrogen-bond acceptors (Lipinski definition) is 4. The summed E-state index contributed by atoms with van der Waals surface area (Å²) in [7, 11) is 0. The minimum atomic E-state index is -0.439. The Hall–Kier alpha value is -2.80. The van der Waals surface area contributed by atoms with Crippen LogP contribution < -0.4 is 5.56 Å². The first-order valence-electron chi connectivity index (χ1n) is 8.36. The number of H-pyrrole nitrogens is 1. The van der Waals surface area contributed by atoms with Crippen LogP contribution in [0.3, 0.4) is 0 Å². The number of nitro benzene ring substituents is 1. The third-order valence-electron chi connectivity index (χ3n) is 4.26. The lowest BCUT2D eigenvalue weighted by molar-refractivity contribution is -0.384. The molecule has 5 nitrogen and oxygen atoms in total. The summed E-state index contributed by atoms with van der Waals surface area (Å²) in [6.45, 7) is 0. The lowest BCUT2D eigenvalue weighted by Gasteiger charge is -2.13. The molecule has 0 spiro atoms. The van der Waals surface area contributed by atoms with E-state index in [1.165, 1.54) is 23.9 Å². The number of rotatable bonds is 4. The average Bonchev–Trinajstić information content (AvgIpc) is 2.70. The lowest BCUT2D eigenvalue weighted by Crippen LogP contribution is -2.10. The van der Waals surface area contributed by atoms with Gasteiger partial charge in [-0.15, -0.1) is 12.4 Å².